The summed E-state index contributed by atoms with van der Waals surface area (Å²) in [4.78, 5) is 4.30. The van der Waals surface area contributed by atoms with Crippen LogP contribution in [0.2, 0.25) is 0 Å². The van der Waals surface area contributed by atoms with Crippen LogP contribution in [0.5, 0.6) is 0 Å². The Hall–Kier alpha value is -1.45. The highest BCUT2D eigenvalue weighted by Gasteiger charge is 2.22. The van der Waals surface area contributed by atoms with Gasteiger partial charge in [0.25, 0.3) is 0 Å². The minimum Gasteiger partial charge on any atom is -0.393 e. The number of rotatable bonds is 4. The van der Waals surface area contributed by atoms with E-state index in [2.05, 4.69) is 28.5 Å². The van der Waals surface area contributed by atoms with Crippen molar-refractivity contribution >= 4 is 10.8 Å². The Kier molecular flexibility index (Phi) is 4.28. The van der Waals surface area contributed by atoms with Gasteiger partial charge in [-0.2, -0.15) is 0 Å². The average Bonchev–Trinajstić information content (AvgIpc) is 2.49. The topological polar surface area (TPSA) is 45.1 Å². The Morgan fingerprint density at radius 2 is 2.00 bits per heavy atom. The number of aliphatic hydroxyl groups is 1. The van der Waals surface area contributed by atoms with Crippen molar-refractivity contribution in [3.8, 4) is 0 Å². The molecule has 2 N–H and O–H groups in total. The van der Waals surface area contributed by atoms with Gasteiger partial charge in [0.2, 0.25) is 0 Å². The summed E-state index contributed by atoms with van der Waals surface area (Å²) in [5, 5.41) is 15.9. The molecule has 2 aromatic rings. The molecule has 0 aliphatic heterocycles. The second kappa shape index (κ2) is 6.33. The van der Waals surface area contributed by atoms with Crippen LogP contribution in [0.1, 0.15) is 31.2 Å². The highest BCUT2D eigenvalue weighted by Crippen LogP contribution is 2.24. The maximum absolute atomic E-state index is 9.99. The third-order valence-corrected chi connectivity index (χ3v) is 4.34. The van der Waals surface area contributed by atoms with Gasteiger partial charge in [0.05, 0.1) is 6.10 Å². The smallest absolute Gasteiger partial charge is 0.0580 e. The Morgan fingerprint density at radius 3 is 2.90 bits per heavy atom. The molecule has 0 amide bonds. The summed E-state index contributed by atoms with van der Waals surface area (Å²) in [6, 6.07) is 8.34. The average molecular weight is 270 g/mol. The highest BCUT2D eigenvalue weighted by molar-refractivity contribution is 5.84. The van der Waals surface area contributed by atoms with Crippen molar-refractivity contribution in [2.75, 3.05) is 6.54 Å². The van der Waals surface area contributed by atoms with E-state index in [-0.39, 0.29) is 6.10 Å². The number of nitrogens with one attached hydrogen (secondary N) is 1. The predicted molar refractivity (Wildman–Crippen MR) is 81.4 cm³/mol. The van der Waals surface area contributed by atoms with Gasteiger partial charge in [-0.3, -0.25) is 4.98 Å². The zero-order chi connectivity index (χ0) is 13.8. The predicted octanol–water partition coefficient (Wildman–Crippen LogP) is 2.88. The zero-order valence-electron chi connectivity index (χ0n) is 11.8. The number of pyridine rings is 1. The molecule has 3 nitrogen and oxygen atoms in total. The first-order chi connectivity index (χ1) is 9.84. The number of aromatic nitrogens is 1. The van der Waals surface area contributed by atoms with E-state index in [1.54, 1.807) is 0 Å². The molecule has 1 aliphatic rings. The van der Waals surface area contributed by atoms with Crippen LogP contribution in [0.4, 0.5) is 0 Å². The van der Waals surface area contributed by atoms with E-state index < -0.39 is 0 Å². The molecule has 0 radical (unpaired) electrons. The summed E-state index contributed by atoms with van der Waals surface area (Å²) in [5.41, 5.74) is 1.23. The van der Waals surface area contributed by atoms with E-state index in [1.807, 2.05) is 18.5 Å². The van der Waals surface area contributed by atoms with Gasteiger partial charge >= 0.3 is 0 Å². The van der Waals surface area contributed by atoms with Crippen LogP contribution >= 0.6 is 0 Å². The quantitative estimate of drug-likeness (QED) is 0.898. The SMILES string of the molecule is OC1CCCCC1CNCc1cncc2ccccc12. The van der Waals surface area contributed by atoms with Gasteiger partial charge in [0.1, 0.15) is 0 Å². The van der Waals surface area contributed by atoms with E-state index in [1.165, 1.54) is 29.2 Å². The summed E-state index contributed by atoms with van der Waals surface area (Å²) >= 11 is 0. The van der Waals surface area contributed by atoms with Crippen LogP contribution in [0.25, 0.3) is 10.8 Å². The van der Waals surface area contributed by atoms with Gasteiger partial charge in [0.15, 0.2) is 0 Å². The summed E-state index contributed by atoms with van der Waals surface area (Å²) < 4.78 is 0. The van der Waals surface area contributed by atoms with Gasteiger partial charge in [-0.15, -0.1) is 0 Å². The summed E-state index contributed by atoms with van der Waals surface area (Å²) in [6.07, 6.45) is 8.24. The fourth-order valence-corrected chi connectivity index (χ4v) is 3.14. The van der Waals surface area contributed by atoms with Crippen LogP contribution < -0.4 is 5.32 Å². The maximum Gasteiger partial charge on any atom is 0.0580 e. The van der Waals surface area contributed by atoms with Crippen molar-refractivity contribution in [2.45, 2.75) is 38.3 Å². The molecule has 0 spiro atoms. The molecule has 2 atom stereocenters. The minimum absolute atomic E-state index is 0.123. The van der Waals surface area contributed by atoms with Crippen LogP contribution in [-0.2, 0) is 6.54 Å². The molecular weight excluding hydrogens is 248 g/mol. The molecule has 3 heteroatoms. The minimum atomic E-state index is -0.123. The lowest BCUT2D eigenvalue weighted by Gasteiger charge is -2.27. The Morgan fingerprint density at radius 1 is 1.15 bits per heavy atom. The van der Waals surface area contributed by atoms with Gasteiger partial charge in [-0.05, 0) is 29.7 Å². The fraction of sp³-hybridized carbons (Fsp3) is 0.471. The first-order valence-electron chi connectivity index (χ1n) is 7.55. The lowest BCUT2D eigenvalue weighted by Crippen LogP contribution is -2.33. The normalized spacial score (nSPS) is 23.1. The number of benzene rings is 1. The molecule has 1 heterocycles. The molecule has 1 aliphatic carbocycles. The second-order valence-electron chi connectivity index (χ2n) is 5.76. The molecule has 1 fully saturated rings. The van der Waals surface area contributed by atoms with Gasteiger partial charge < -0.3 is 10.4 Å². The lowest BCUT2D eigenvalue weighted by molar-refractivity contribution is 0.0695. The van der Waals surface area contributed by atoms with Crippen molar-refractivity contribution in [3.63, 3.8) is 0 Å². The van der Waals surface area contributed by atoms with Gasteiger partial charge in [0, 0.05) is 30.9 Å². The zero-order valence-corrected chi connectivity index (χ0v) is 11.8. The Bertz CT molecular complexity index is 564. The first kappa shape index (κ1) is 13.5. The molecule has 20 heavy (non-hydrogen) atoms. The summed E-state index contributed by atoms with van der Waals surface area (Å²) in [6.45, 7) is 1.71. The summed E-state index contributed by atoms with van der Waals surface area (Å²) in [5.74, 6) is 0.409. The molecule has 0 bridgehead atoms. The Labute approximate surface area is 120 Å². The maximum atomic E-state index is 9.99. The number of fused-ring (bicyclic) bond motifs is 1. The lowest BCUT2D eigenvalue weighted by atomic mass is 9.86. The van der Waals surface area contributed by atoms with Gasteiger partial charge in [-0.25, -0.2) is 0 Å². The fourth-order valence-electron chi connectivity index (χ4n) is 3.14. The van der Waals surface area contributed by atoms with E-state index >= 15 is 0 Å². The third-order valence-electron chi connectivity index (χ3n) is 4.34. The Balaban J connectivity index is 1.62. The largest absolute Gasteiger partial charge is 0.393 e. The molecule has 1 aromatic heterocycles. The molecule has 2 unspecified atom stereocenters. The molecule has 1 aromatic carbocycles. The van der Waals surface area contributed by atoms with Crippen molar-refractivity contribution in [2.24, 2.45) is 5.92 Å². The molecular formula is C17H22N2O. The first-order valence-corrected chi connectivity index (χ1v) is 7.55. The monoisotopic (exact) mass is 270 g/mol. The van der Waals surface area contributed by atoms with E-state index in [9.17, 15) is 5.11 Å². The third kappa shape index (κ3) is 3.00. The van der Waals surface area contributed by atoms with E-state index in [0.29, 0.717) is 5.92 Å². The molecule has 0 saturated heterocycles. The van der Waals surface area contributed by atoms with Crippen LogP contribution in [0.15, 0.2) is 36.7 Å². The van der Waals surface area contributed by atoms with Crippen molar-refractivity contribution in [1.82, 2.24) is 10.3 Å². The van der Waals surface area contributed by atoms with E-state index in [0.717, 1.165) is 25.9 Å². The highest BCUT2D eigenvalue weighted by atomic mass is 16.3. The van der Waals surface area contributed by atoms with Crippen LogP contribution in [0, 0.1) is 5.92 Å². The number of aliphatic hydroxyl groups excluding tert-OH is 1. The van der Waals surface area contributed by atoms with Crippen molar-refractivity contribution < 1.29 is 5.11 Å². The number of hydrogen-bond acceptors (Lipinski definition) is 3. The summed E-state index contributed by atoms with van der Waals surface area (Å²) in [7, 11) is 0. The molecule has 1 saturated carbocycles. The standard InChI is InChI=1S/C17H22N2O/c20-17-8-4-2-6-14(17)10-19-12-15-11-18-9-13-5-1-3-7-16(13)15/h1,3,5,7,9,11,14,17,19-20H,2,4,6,8,10,12H2. The second-order valence-corrected chi connectivity index (χ2v) is 5.76. The van der Waals surface area contributed by atoms with Crippen LogP contribution in [-0.4, -0.2) is 22.7 Å². The van der Waals surface area contributed by atoms with E-state index in [4.69, 9.17) is 0 Å². The molecule has 3 rings (SSSR count). The van der Waals surface area contributed by atoms with Crippen molar-refractivity contribution in [1.29, 1.82) is 0 Å². The number of nitrogens with zero attached hydrogens (tertiary/aromatic N) is 1. The number of hydrogen-bond donors (Lipinski definition) is 2. The molecule has 106 valence electrons. The van der Waals surface area contributed by atoms with Gasteiger partial charge in [-0.1, -0.05) is 37.1 Å². The van der Waals surface area contributed by atoms with Crippen LogP contribution in [0.3, 0.4) is 0 Å². The van der Waals surface area contributed by atoms with Crippen molar-refractivity contribution in [3.05, 3.63) is 42.2 Å².